The lowest BCUT2D eigenvalue weighted by molar-refractivity contribution is -0.530. The molecule has 0 amide bonds. The van der Waals surface area contributed by atoms with Gasteiger partial charge in [0.25, 0.3) is 0 Å². The number of aliphatic hydroxyl groups is 2. The third-order valence-electron chi connectivity index (χ3n) is 0.519. The van der Waals surface area contributed by atoms with Crippen LogP contribution in [0.15, 0.2) is 0 Å². The van der Waals surface area contributed by atoms with E-state index in [1.54, 1.807) is 0 Å². The van der Waals surface area contributed by atoms with Crippen LogP contribution in [0.3, 0.4) is 0 Å². The Bertz CT molecular complexity index is 46.9. The Morgan fingerprint density at radius 3 is 2.62 bits per heavy atom. The van der Waals surface area contributed by atoms with Crippen molar-refractivity contribution in [1.82, 2.24) is 0 Å². The number of hydrogen-bond acceptors (Lipinski definition) is 4. The molecule has 0 spiro atoms. The van der Waals surface area contributed by atoms with E-state index in [0.29, 0.717) is 0 Å². The first-order valence-corrected chi connectivity index (χ1v) is 2.01. The molecule has 0 rings (SSSR count). The largest absolute Gasteiger partial charge is 0.394 e. The highest BCUT2D eigenvalue weighted by atomic mass is 17.5. The lowest BCUT2D eigenvalue weighted by Gasteiger charge is -2.01. The topological polar surface area (TPSA) is 78.8 Å². The first kappa shape index (κ1) is 7.80. The minimum absolute atomic E-state index is 0.306. The molecule has 1 radical (unpaired) electrons. The predicted molar refractivity (Wildman–Crippen MR) is 20.8 cm³/mol. The zero-order chi connectivity index (χ0) is 6.41. The van der Waals surface area contributed by atoms with E-state index < -0.39 is 12.7 Å². The second kappa shape index (κ2) is 4.95. The fourth-order valence-corrected chi connectivity index (χ4v) is 0.159. The molecule has 0 aromatic carbocycles. The maximum Gasteiger partial charge on any atom is 0.114 e. The number of aliphatic hydroxyl groups excluding tert-OH is 2. The maximum atomic E-state index is 9.04. The van der Waals surface area contributed by atoms with Gasteiger partial charge in [-0.3, -0.25) is 0 Å². The fourth-order valence-electron chi connectivity index (χ4n) is 0.159. The van der Waals surface area contributed by atoms with Gasteiger partial charge in [-0.1, -0.05) is 0 Å². The Hall–Kier alpha value is -0.200. The van der Waals surface area contributed by atoms with Gasteiger partial charge in [0, 0.05) is 0 Å². The predicted octanol–water partition coefficient (Wildman–Crippen LogP) is -1.37. The van der Waals surface area contributed by atoms with Gasteiger partial charge in [0.2, 0.25) is 0 Å². The van der Waals surface area contributed by atoms with Crippen LogP contribution >= 0.6 is 0 Å². The summed E-state index contributed by atoms with van der Waals surface area (Å²) in [6.07, 6.45) is -1.04. The highest BCUT2D eigenvalue weighted by molar-refractivity contribution is 4.45. The van der Waals surface area contributed by atoms with Gasteiger partial charge in [0.15, 0.2) is 0 Å². The van der Waals surface area contributed by atoms with Crippen molar-refractivity contribution in [2.24, 2.45) is 0 Å². The van der Waals surface area contributed by atoms with Crippen molar-refractivity contribution in [1.29, 1.82) is 0 Å². The van der Waals surface area contributed by atoms with Gasteiger partial charge in [-0.05, 0) is 10.3 Å². The van der Waals surface area contributed by atoms with Gasteiger partial charge < -0.3 is 10.2 Å². The van der Waals surface area contributed by atoms with Crippen molar-refractivity contribution in [2.45, 2.75) is 6.10 Å². The molecule has 0 bridgehead atoms. The summed E-state index contributed by atoms with van der Waals surface area (Å²) in [4.78, 5) is 3.72. The quantitative estimate of drug-likeness (QED) is 0.357. The molecule has 0 saturated heterocycles. The second-order valence-corrected chi connectivity index (χ2v) is 1.19. The molecule has 8 heavy (non-hydrogen) atoms. The van der Waals surface area contributed by atoms with Gasteiger partial charge in [-0.25, -0.2) is 4.89 Å². The smallest absolute Gasteiger partial charge is 0.114 e. The summed E-state index contributed by atoms with van der Waals surface area (Å²) in [7, 11) is 0. The van der Waals surface area contributed by atoms with E-state index in [-0.39, 0.29) is 6.61 Å². The summed E-state index contributed by atoms with van der Waals surface area (Å²) in [5.74, 6) is 0. The van der Waals surface area contributed by atoms with Crippen LogP contribution in [0.25, 0.3) is 0 Å². The van der Waals surface area contributed by atoms with Gasteiger partial charge in [0.05, 0.1) is 6.61 Å². The first-order valence-electron chi connectivity index (χ1n) is 2.01. The normalized spacial score (nSPS) is 13.9. The van der Waals surface area contributed by atoms with Crippen molar-refractivity contribution < 1.29 is 25.4 Å². The van der Waals surface area contributed by atoms with Crippen LogP contribution in [-0.4, -0.2) is 29.5 Å². The lowest BCUT2D eigenvalue weighted by atomic mass is 10.4. The Balaban J connectivity index is 2.86. The molecule has 1 atom stereocenters. The van der Waals surface area contributed by atoms with Crippen LogP contribution in [0.4, 0.5) is 0 Å². The van der Waals surface area contributed by atoms with Crippen molar-refractivity contribution in [3.05, 3.63) is 0 Å². The minimum atomic E-state index is -1.04. The van der Waals surface area contributed by atoms with Gasteiger partial charge in [-0.2, -0.15) is 0 Å². The highest BCUT2D eigenvalue weighted by Gasteiger charge is 2.00. The van der Waals surface area contributed by atoms with Crippen molar-refractivity contribution in [3.8, 4) is 0 Å². The third-order valence-corrected chi connectivity index (χ3v) is 0.519. The minimum Gasteiger partial charge on any atom is -0.394 e. The molecule has 0 aromatic heterocycles. The zero-order valence-electron chi connectivity index (χ0n) is 4.11. The van der Waals surface area contributed by atoms with Crippen LogP contribution in [0.5, 0.6) is 0 Å². The molecule has 0 saturated carbocycles. The molecule has 0 heterocycles. The molecular formula is C3H7O5. The average molecular weight is 123 g/mol. The Kier molecular flexibility index (Phi) is 4.82. The molecule has 0 aromatic rings. The van der Waals surface area contributed by atoms with E-state index in [4.69, 9.17) is 15.5 Å². The first-order chi connectivity index (χ1) is 3.81. The molecule has 1 unspecified atom stereocenters. The van der Waals surface area contributed by atoms with Crippen molar-refractivity contribution in [3.63, 3.8) is 0 Å². The standard InChI is InChI=1S/C3H7O5/c4-1-3(5)2-7-8-6/h3-5H,1-2H2. The van der Waals surface area contributed by atoms with E-state index in [2.05, 4.69) is 9.93 Å². The van der Waals surface area contributed by atoms with Crippen LogP contribution in [0, 0.1) is 0 Å². The third kappa shape index (κ3) is 3.97. The molecule has 49 valence electrons. The average Bonchev–Trinajstić information content (AvgIpc) is 1.83. The van der Waals surface area contributed by atoms with E-state index >= 15 is 0 Å². The summed E-state index contributed by atoms with van der Waals surface area (Å²) in [5.41, 5.74) is 0. The summed E-state index contributed by atoms with van der Waals surface area (Å²) in [6.45, 7) is -0.747. The molecule has 0 aliphatic rings. The SMILES string of the molecule is [O]OOCC(O)CO. The summed E-state index contributed by atoms with van der Waals surface area (Å²) >= 11 is 0. The van der Waals surface area contributed by atoms with Crippen molar-refractivity contribution >= 4 is 0 Å². The summed E-state index contributed by atoms with van der Waals surface area (Å²) < 4.78 is 0. The molecule has 0 fully saturated rings. The maximum absolute atomic E-state index is 9.04. The Labute approximate surface area is 45.9 Å². The van der Waals surface area contributed by atoms with Crippen LogP contribution in [0.1, 0.15) is 0 Å². The molecule has 5 heteroatoms. The molecule has 0 aliphatic heterocycles. The second-order valence-electron chi connectivity index (χ2n) is 1.19. The molecule has 2 N–H and O–H groups in total. The van der Waals surface area contributed by atoms with Gasteiger partial charge in [-0.15, -0.1) is 0 Å². The zero-order valence-corrected chi connectivity index (χ0v) is 4.11. The van der Waals surface area contributed by atoms with Crippen molar-refractivity contribution in [2.75, 3.05) is 13.2 Å². The van der Waals surface area contributed by atoms with Gasteiger partial charge in [0.1, 0.15) is 12.7 Å². The number of hydrogen-bond donors (Lipinski definition) is 2. The molecule has 5 nitrogen and oxygen atoms in total. The number of rotatable bonds is 4. The molecule has 0 aliphatic carbocycles. The van der Waals surface area contributed by atoms with Crippen LogP contribution in [-0.2, 0) is 15.2 Å². The monoisotopic (exact) mass is 123 g/mol. The van der Waals surface area contributed by atoms with E-state index in [0.717, 1.165) is 0 Å². The highest BCUT2D eigenvalue weighted by Crippen LogP contribution is 1.81. The fraction of sp³-hybridized carbons (Fsp3) is 1.00. The van der Waals surface area contributed by atoms with Gasteiger partial charge >= 0.3 is 0 Å². The summed E-state index contributed by atoms with van der Waals surface area (Å²) in [5, 5.41) is 28.4. The Morgan fingerprint density at radius 1 is 1.62 bits per heavy atom. The van der Waals surface area contributed by atoms with Crippen LogP contribution in [0.2, 0.25) is 0 Å². The van der Waals surface area contributed by atoms with E-state index in [9.17, 15) is 0 Å². The van der Waals surface area contributed by atoms with Crippen LogP contribution < -0.4 is 0 Å². The summed E-state index contributed by atoms with van der Waals surface area (Å²) in [6, 6.07) is 0. The molecular weight excluding hydrogens is 116 g/mol. The lowest BCUT2D eigenvalue weighted by Crippen LogP contribution is -2.18. The van der Waals surface area contributed by atoms with E-state index in [1.807, 2.05) is 0 Å². The van der Waals surface area contributed by atoms with E-state index in [1.165, 1.54) is 0 Å². The Morgan fingerprint density at radius 2 is 2.25 bits per heavy atom.